The molecule has 1 aliphatic rings. The first-order chi connectivity index (χ1) is 12.3. The van der Waals surface area contributed by atoms with Gasteiger partial charge in [-0.2, -0.15) is 0 Å². The number of hydrogen-bond donors (Lipinski definition) is 1. The lowest BCUT2D eigenvalue weighted by Gasteiger charge is -2.28. The Morgan fingerprint density at radius 3 is 2.72 bits per heavy atom. The summed E-state index contributed by atoms with van der Waals surface area (Å²) in [6.45, 7) is 5.89. The molecule has 0 aliphatic carbocycles. The van der Waals surface area contributed by atoms with Crippen LogP contribution < -0.4 is 10.2 Å². The van der Waals surface area contributed by atoms with Crippen molar-refractivity contribution in [1.82, 2.24) is 10.3 Å². The number of rotatable bonds is 6. The van der Waals surface area contributed by atoms with Gasteiger partial charge in [0.1, 0.15) is 5.69 Å². The van der Waals surface area contributed by atoms with Crippen molar-refractivity contribution in [2.24, 2.45) is 0 Å². The Hall–Kier alpha value is -2.40. The van der Waals surface area contributed by atoms with Crippen LogP contribution in [0.3, 0.4) is 0 Å². The van der Waals surface area contributed by atoms with Gasteiger partial charge in [0.2, 0.25) is 0 Å². The third-order valence-corrected chi connectivity index (χ3v) is 4.63. The first-order valence-electron chi connectivity index (χ1n) is 8.90. The monoisotopic (exact) mass is 339 g/mol. The van der Waals surface area contributed by atoms with Crippen LogP contribution in [0, 0.1) is 0 Å². The summed E-state index contributed by atoms with van der Waals surface area (Å²) >= 11 is 0. The van der Waals surface area contributed by atoms with Gasteiger partial charge in [-0.25, -0.2) is 0 Å². The SMILES string of the molecule is CC[C@@H](CNC(=O)c1cc(N2CCOCC2)ccn1)c1ccccc1. The average molecular weight is 339 g/mol. The van der Waals surface area contributed by atoms with Gasteiger partial charge in [0.25, 0.3) is 5.91 Å². The first kappa shape index (κ1) is 17.4. The quantitative estimate of drug-likeness (QED) is 0.879. The molecule has 1 aliphatic heterocycles. The van der Waals surface area contributed by atoms with Crippen LogP contribution in [0.25, 0.3) is 0 Å². The summed E-state index contributed by atoms with van der Waals surface area (Å²) in [6.07, 6.45) is 2.68. The largest absolute Gasteiger partial charge is 0.378 e. The van der Waals surface area contributed by atoms with Crippen molar-refractivity contribution >= 4 is 11.6 Å². The van der Waals surface area contributed by atoms with E-state index in [1.807, 2.05) is 30.3 Å². The molecular weight excluding hydrogens is 314 g/mol. The molecule has 0 spiro atoms. The summed E-state index contributed by atoms with van der Waals surface area (Å²) in [5.74, 6) is 0.192. The van der Waals surface area contributed by atoms with E-state index >= 15 is 0 Å². The number of morpholine rings is 1. The molecule has 132 valence electrons. The van der Waals surface area contributed by atoms with Gasteiger partial charge < -0.3 is 15.0 Å². The van der Waals surface area contributed by atoms with E-state index in [1.54, 1.807) is 6.20 Å². The maximum atomic E-state index is 12.5. The maximum absolute atomic E-state index is 12.5. The van der Waals surface area contributed by atoms with E-state index < -0.39 is 0 Å². The number of carbonyl (C=O) groups is 1. The fraction of sp³-hybridized carbons (Fsp3) is 0.400. The Labute approximate surface area is 149 Å². The lowest BCUT2D eigenvalue weighted by molar-refractivity contribution is 0.0946. The summed E-state index contributed by atoms with van der Waals surface area (Å²) in [5.41, 5.74) is 2.74. The highest BCUT2D eigenvalue weighted by molar-refractivity contribution is 5.93. The zero-order valence-electron chi connectivity index (χ0n) is 14.6. The number of ether oxygens (including phenoxy) is 1. The molecule has 0 bridgehead atoms. The lowest BCUT2D eigenvalue weighted by atomic mass is 9.96. The standard InChI is InChI=1S/C20H25N3O2/c1-2-16(17-6-4-3-5-7-17)15-22-20(24)19-14-18(8-9-21-19)23-10-12-25-13-11-23/h3-9,14,16H,2,10-13,15H2,1H3,(H,22,24)/t16-/m0/s1. The molecule has 2 aromatic rings. The van der Waals surface area contributed by atoms with Crippen molar-refractivity contribution in [2.45, 2.75) is 19.3 Å². The first-order valence-corrected chi connectivity index (χ1v) is 8.90. The van der Waals surface area contributed by atoms with E-state index in [-0.39, 0.29) is 5.91 Å². The second-order valence-corrected chi connectivity index (χ2v) is 6.22. The van der Waals surface area contributed by atoms with E-state index in [4.69, 9.17) is 4.74 Å². The van der Waals surface area contributed by atoms with Crippen LogP contribution in [0.2, 0.25) is 0 Å². The number of nitrogens with one attached hydrogen (secondary N) is 1. The van der Waals surface area contributed by atoms with Gasteiger partial charge in [0.15, 0.2) is 0 Å². The normalized spacial score (nSPS) is 15.6. The molecule has 1 amide bonds. The molecule has 5 nitrogen and oxygen atoms in total. The summed E-state index contributed by atoms with van der Waals surface area (Å²) in [7, 11) is 0. The number of anilines is 1. The van der Waals surface area contributed by atoms with E-state index in [9.17, 15) is 4.79 Å². The third kappa shape index (κ3) is 4.57. The smallest absolute Gasteiger partial charge is 0.269 e. The molecule has 1 aromatic carbocycles. The maximum Gasteiger partial charge on any atom is 0.269 e. The van der Waals surface area contributed by atoms with Gasteiger partial charge in [0.05, 0.1) is 13.2 Å². The van der Waals surface area contributed by atoms with Crippen molar-refractivity contribution in [1.29, 1.82) is 0 Å². The van der Waals surface area contributed by atoms with Crippen molar-refractivity contribution in [3.63, 3.8) is 0 Å². The van der Waals surface area contributed by atoms with Gasteiger partial charge in [-0.1, -0.05) is 37.3 Å². The molecule has 0 saturated carbocycles. The molecular formula is C20H25N3O2. The second kappa shape index (κ2) is 8.62. The Kier molecular flexibility index (Phi) is 6.01. The van der Waals surface area contributed by atoms with Crippen LogP contribution in [0.15, 0.2) is 48.7 Å². The summed E-state index contributed by atoms with van der Waals surface area (Å²) in [4.78, 5) is 19.0. The molecule has 1 saturated heterocycles. The number of amides is 1. The minimum absolute atomic E-state index is 0.121. The minimum atomic E-state index is -0.121. The number of nitrogens with zero attached hydrogens (tertiary/aromatic N) is 2. The van der Waals surface area contributed by atoms with E-state index in [0.29, 0.717) is 18.2 Å². The van der Waals surface area contributed by atoms with Crippen LogP contribution in [0.1, 0.15) is 35.3 Å². The fourth-order valence-corrected chi connectivity index (χ4v) is 3.09. The fourth-order valence-electron chi connectivity index (χ4n) is 3.09. The molecule has 1 aromatic heterocycles. The highest BCUT2D eigenvalue weighted by Gasteiger charge is 2.16. The zero-order valence-corrected chi connectivity index (χ0v) is 14.6. The zero-order chi connectivity index (χ0) is 17.5. The average Bonchev–Trinajstić information content (AvgIpc) is 2.70. The van der Waals surface area contributed by atoms with Gasteiger partial charge in [-0.3, -0.25) is 9.78 Å². The van der Waals surface area contributed by atoms with Crippen molar-refractivity contribution in [2.75, 3.05) is 37.7 Å². The van der Waals surface area contributed by atoms with Crippen molar-refractivity contribution in [3.8, 4) is 0 Å². The Morgan fingerprint density at radius 2 is 2.00 bits per heavy atom. The summed E-state index contributed by atoms with van der Waals surface area (Å²) < 4.78 is 5.38. The van der Waals surface area contributed by atoms with Crippen LogP contribution in [-0.4, -0.2) is 43.7 Å². The third-order valence-electron chi connectivity index (χ3n) is 4.63. The number of aromatic nitrogens is 1. The number of carbonyl (C=O) groups excluding carboxylic acids is 1. The van der Waals surface area contributed by atoms with Crippen molar-refractivity contribution in [3.05, 3.63) is 59.9 Å². The topological polar surface area (TPSA) is 54.5 Å². The van der Waals surface area contributed by atoms with Crippen LogP contribution in [0.4, 0.5) is 5.69 Å². The molecule has 5 heteroatoms. The van der Waals surface area contributed by atoms with E-state index in [0.717, 1.165) is 38.4 Å². The van der Waals surface area contributed by atoms with Gasteiger partial charge >= 0.3 is 0 Å². The Bertz CT molecular complexity index is 684. The molecule has 1 fully saturated rings. The molecule has 0 unspecified atom stereocenters. The van der Waals surface area contributed by atoms with Crippen LogP contribution in [-0.2, 0) is 4.74 Å². The molecule has 3 rings (SSSR count). The molecule has 2 heterocycles. The highest BCUT2D eigenvalue weighted by Crippen LogP contribution is 2.19. The number of pyridine rings is 1. The van der Waals surface area contributed by atoms with E-state index in [1.165, 1.54) is 5.56 Å². The predicted octanol–water partition coefficient (Wildman–Crippen LogP) is 2.84. The number of hydrogen-bond acceptors (Lipinski definition) is 4. The Balaban J connectivity index is 1.63. The summed E-state index contributed by atoms with van der Waals surface area (Å²) in [6, 6.07) is 14.1. The summed E-state index contributed by atoms with van der Waals surface area (Å²) in [5, 5.41) is 3.03. The molecule has 25 heavy (non-hydrogen) atoms. The van der Waals surface area contributed by atoms with Gasteiger partial charge in [0, 0.05) is 37.4 Å². The molecule has 0 radical (unpaired) electrons. The molecule has 1 atom stereocenters. The highest BCUT2D eigenvalue weighted by atomic mass is 16.5. The minimum Gasteiger partial charge on any atom is -0.378 e. The number of benzene rings is 1. The van der Waals surface area contributed by atoms with Crippen LogP contribution in [0.5, 0.6) is 0 Å². The Morgan fingerprint density at radius 1 is 1.24 bits per heavy atom. The molecule has 1 N–H and O–H groups in total. The van der Waals surface area contributed by atoms with E-state index in [2.05, 4.69) is 34.3 Å². The van der Waals surface area contributed by atoms with Crippen LogP contribution >= 0.6 is 0 Å². The second-order valence-electron chi connectivity index (χ2n) is 6.22. The predicted molar refractivity (Wildman–Crippen MR) is 99.1 cm³/mol. The lowest BCUT2D eigenvalue weighted by Crippen LogP contribution is -2.36. The van der Waals surface area contributed by atoms with Gasteiger partial charge in [-0.05, 0) is 24.1 Å². The van der Waals surface area contributed by atoms with Crippen molar-refractivity contribution < 1.29 is 9.53 Å². The van der Waals surface area contributed by atoms with Gasteiger partial charge in [-0.15, -0.1) is 0 Å².